The number of furan rings is 1. The van der Waals surface area contributed by atoms with Gasteiger partial charge in [0.25, 0.3) is 0 Å². The van der Waals surface area contributed by atoms with E-state index in [0.717, 1.165) is 76.8 Å². The van der Waals surface area contributed by atoms with E-state index < -0.39 is 0 Å². The first kappa shape index (κ1) is 18.8. The number of carbonyl (C=O) groups excluding carboxylic acids is 1. The van der Waals surface area contributed by atoms with Gasteiger partial charge in [0.2, 0.25) is 5.91 Å². The van der Waals surface area contributed by atoms with Gasteiger partial charge in [0, 0.05) is 58.8 Å². The van der Waals surface area contributed by atoms with E-state index in [9.17, 15) is 4.79 Å². The topological polar surface area (TPSA) is 64.3 Å². The van der Waals surface area contributed by atoms with Crippen LogP contribution >= 0.6 is 0 Å². The molecule has 2 aliphatic rings. The summed E-state index contributed by atoms with van der Waals surface area (Å²) < 4.78 is 5.37. The van der Waals surface area contributed by atoms with E-state index in [1.165, 1.54) is 0 Å². The van der Waals surface area contributed by atoms with Gasteiger partial charge in [0.05, 0.1) is 12.8 Å². The van der Waals surface area contributed by atoms with Crippen molar-refractivity contribution in [2.45, 2.75) is 26.2 Å². The molecule has 2 saturated heterocycles. The molecule has 1 aromatic rings. The molecule has 0 spiro atoms. The van der Waals surface area contributed by atoms with Crippen molar-refractivity contribution in [2.75, 3.05) is 58.9 Å². The van der Waals surface area contributed by atoms with Gasteiger partial charge in [-0.05, 0) is 31.9 Å². The van der Waals surface area contributed by atoms with E-state index >= 15 is 0 Å². The van der Waals surface area contributed by atoms with Crippen molar-refractivity contribution in [3.05, 3.63) is 24.2 Å². The number of nitrogens with zero attached hydrogens (tertiary/aromatic N) is 4. The molecule has 0 atom stereocenters. The summed E-state index contributed by atoms with van der Waals surface area (Å²) in [6.45, 7) is 9.70. The van der Waals surface area contributed by atoms with Gasteiger partial charge in [-0.2, -0.15) is 0 Å². The fourth-order valence-electron chi connectivity index (χ4n) is 3.53. The monoisotopic (exact) mass is 361 g/mol. The largest absolute Gasteiger partial charge is 0.469 e. The third kappa shape index (κ3) is 5.24. The number of piperazine rings is 1. The molecule has 0 radical (unpaired) electrons. The summed E-state index contributed by atoms with van der Waals surface area (Å²) in [5.74, 6) is 2.22. The van der Waals surface area contributed by atoms with Crippen LogP contribution in [0.3, 0.4) is 0 Å². The van der Waals surface area contributed by atoms with Gasteiger partial charge < -0.3 is 19.5 Å². The standard InChI is InChI=1S/C19H31N5O2/c1-2-20-19(21-8-7-17-6-5-15-26-17)24-13-11-22(12-14-24)16-18(25)23-9-3-4-10-23/h5-6,15H,2-4,7-14,16H2,1H3,(H,20,21). The molecule has 3 rings (SSSR count). The summed E-state index contributed by atoms with van der Waals surface area (Å²) in [6.07, 6.45) is 4.82. The first-order valence-electron chi connectivity index (χ1n) is 9.82. The van der Waals surface area contributed by atoms with Crippen LogP contribution in [0.1, 0.15) is 25.5 Å². The minimum atomic E-state index is 0.287. The van der Waals surface area contributed by atoms with Crippen molar-refractivity contribution in [1.29, 1.82) is 0 Å². The highest BCUT2D eigenvalue weighted by atomic mass is 16.3. The van der Waals surface area contributed by atoms with Gasteiger partial charge in [0.15, 0.2) is 5.96 Å². The van der Waals surface area contributed by atoms with E-state index in [1.807, 2.05) is 17.0 Å². The lowest BCUT2D eigenvalue weighted by molar-refractivity contribution is -0.131. The first-order chi connectivity index (χ1) is 12.8. The van der Waals surface area contributed by atoms with Crippen molar-refractivity contribution in [3.63, 3.8) is 0 Å². The first-order valence-corrected chi connectivity index (χ1v) is 9.82. The van der Waals surface area contributed by atoms with E-state index in [2.05, 4.69) is 22.0 Å². The Morgan fingerprint density at radius 3 is 2.58 bits per heavy atom. The summed E-state index contributed by atoms with van der Waals surface area (Å²) in [5, 5.41) is 3.38. The third-order valence-corrected chi connectivity index (χ3v) is 5.02. The molecule has 26 heavy (non-hydrogen) atoms. The molecular formula is C19H31N5O2. The van der Waals surface area contributed by atoms with Gasteiger partial charge in [-0.1, -0.05) is 0 Å². The summed E-state index contributed by atoms with van der Waals surface area (Å²) in [5.41, 5.74) is 0. The van der Waals surface area contributed by atoms with Crippen molar-refractivity contribution in [1.82, 2.24) is 20.0 Å². The predicted molar refractivity (Wildman–Crippen MR) is 102 cm³/mol. The van der Waals surface area contributed by atoms with E-state index in [-0.39, 0.29) is 5.91 Å². The average molecular weight is 361 g/mol. The Hall–Kier alpha value is -2.02. The number of rotatable bonds is 6. The maximum Gasteiger partial charge on any atom is 0.236 e. The van der Waals surface area contributed by atoms with Crippen LogP contribution in [0.25, 0.3) is 0 Å². The summed E-state index contributed by atoms with van der Waals surface area (Å²) in [7, 11) is 0. The van der Waals surface area contributed by atoms with Crippen LogP contribution in [0.4, 0.5) is 0 Å². The van der Waals surface area contributed by atoms with Crippen LogP contribution in [0.15, 0.2) is 27.8 Å². The Labute approximate surface area is 156 Å². The summed E-state index contributed by atoms with van der Waals surface area (Å²) in [4.78, 5) is 23.6. The normalized spacial score (nSPS) is 19.2. The highest BCUT2D eigenvalue weighted by Crippen LogP contribution is 2.09. The SMILES string of the molecule is CCNC(=NCCc1ccco1)N1CCN(CC(=O)N2CCCC2)CC1. The second-order valence-corrected chi connectivity index (χ2v) is 6.92. The molecule has 0 unspecified atom stereocenters. The molecule has 1 amide bonds. The van der Waals surface area contributed by atoms with Crippen LogP contribution in [-0.4, -0.2) is 85.5 Å². The zero-order valence-corrected chi connectivity index (χ0v) is 15.8. The van der Waals surface area contributed by atoms with Crippen LogP contribution < -0.4 is 5.32 Å². The second kappa shape index (κ2) is 9.62. The molecule has 2 aliphatic heterocycles. The van der Waals surface area contributed by atoms with Gasteiger partial charge in [-0.15, -0.1) is 0 Å². The molecular weight excluding hydrogens is 330 g/mol. The molecule has 0 saturated carbocycles. The molecule has 7 heteroatoms. The smallest absolute Gasteiger partial charge is 0.236 e. The number of aliphatic imine (C=N–C) groups is 1. The number of amides is 1. The van der Waals surface area contributed by atoms with Gasteiger partial charge >= 0.3 is 0 Å². The highest BCUT2D eigenvalue weighted by molar-refractivity contribution is 5.80. The number of guanidine groups is 1. The molecule has 3 heterocycles. The number of nitrogens with one attached hydrogen (secondary N) is 1. The zero-order chi connectivity index (χ0) is 18.2. The van der Waals surface area contributed by atoms with Gasteiger partial charge in [-0.25, -0.2) is 0 Å². The number of hydrogen-bond donors (Lipinski definition) is 1. The number of likely N-dealkylation sites (tertiary alicyclic amines) is 1. The van der Waals surface area contributed by atoms with Crippen LogP contribution in [0, 0.1) is 0 Å². The lowest BCUT2D eigenvalue weighted by Gasteiger charge is -2.36. The Bertz CT molecular complexity index is 573. The molecule has 144 valence electrons. The number of carbonyl (C=O) groups is 1. The third-order valence-electron chi connectivity index (χ3n) is 5.02. The van der Waals surface area contributed by atoms with Crippen LogP contribution in [0.2, 0.25) is 0 Å². The molecule has 0 aliphatic carbocycles. The highest BCUT2D eigenvalue weighted by Gasteiger charge is 2.24. The Kier molecular flexibility index (Phi) is 6.94. The zero-order valence-electron chi connectivity index (χ0n) is 15.8. The molecule has 1 aromatic heterocycles. The fourth-order valence-corrected chi connectivity index (χ4v) is 3.53. The fraction of sp³-hybridized carbons (Fsp3) is 0.684. The van der Waals surface area contributed by atoms with E-state index in [0.29, 0.717) is 13.1 Å². The van der Waals surface area contributed by atoms with Crippen molar-refractivity contribution < 1.29 is 9.21 Å². The summed E-state index contributed by atoms with van der Waals surface area (Å²) in [6, 6.07) is 3.89. The molecule has 0 aromatic carbocycles. The maximum atomic E-state index is 12.3. The van der Waals surface area contributed by atoms with Crippen molar-refractivity contribution in [3.8, 4) is 0 Å². The quantitative estimate of drug-likeness (QED) is 0.606. The average Bonchev–Trinajstić information content (AvgIpc) is 3.36. The van der Waals surface area contributed by atoms with Crippen molar-refractivity contribution >= 4 is 11.9 Å². The van der Waals surface area contributed by atoms with Crippen LogP contribution in [0.5, 0.6) is 0 Å². The molecule has 0 bridgehead atoms. The second-order valence-electron chi connectivity index (χ2n) is 6.92. The van der Waals surface area contributed by atoms with E-state index in [1.54, 1.807) is 6.26 Å². The van der Waals surface area contributed by atoms with E-state index in [4.69, 9.17) is 9.41 Å². The summed E-state index contributed by atoms with van der Waals surface area (Å²) >= 11 is 0. The molecule has 2 fully saturated rings. The van der Waals surface area contributed by atoms with Gasteiger partial charge in [0.1, 0.15) is 5.76 Å². The minimum Gasteiger partial charge on any atom is -0.469 e. The Balaban J connectivity index is 1.45. The molecule has 1 N–H and O–H groups in total. The van der Waals surface area contributed by atoms with Crippen molar-refractivity contribution in [2.24, 2.45) is 4.99 Å². The van der Waals surface area contributed by atoms with Gasteiger partial charge in [-0.3, -0.25) is 14.7 Å². The maximum absolute atomic E-state index is 12.3. The minimum absolute atomic E-state index is 0.287. The number of hydrogen-bond acceptors (Lipinski definition) is 4. The molecule has 7 nitrogen and oxygen atoms in total. The van der Waals surface area contributed by atoms with Crippen LogP contribution in [-0.2, 0) is 11.2 Å². The Morgan fingerprint density at radius 2 is 1.92 bits per heavy atom. The lowest BCUT2D eigenvalue weighted by atomic mass is 10.3. The predicted octanol–water partition coefficient (Wildman–Crippen LogP) is 1.03. The lowest BCUT2D eigenvalue weighted by Crippen LogP contribution is -2.54. The Morgan fingerprint density at radius 1 is 1.15 bits per heavy atom.